The van der Waals surface area contributed by atoms with Gasteiger partial charge in [-0.3, -0.25) is 0 Å². The zero-order valence-corrected chi connectivity index (χ0v) is 9.29. The van der Waals surface area contributed by atoms with Crippen LogP contribution in [-0.4, -0.2) is 30.6 Å². The molecule has 1 saturated carbocycles. The molecule has 1 fully saturated rings. The first-order valence-corrected chi connectivity index (χ1v) is 5.62. The van der Waals surface area contributed by atoms with Gasteiger partial charge >= 0.3 is 0 Å². The van der Waals surface area contributed by atoms with Crippen molar-refractivity contribution < 1.29 is 0 Å². The Morgan fingerprint density at radius 1 is 1.46 bits per heavy atom. The summed E-state index contributed by atoms with van der Waals surface area (Å²) >= 11 is 0. The summed E-state index contributed by atoms with van der Waals surface area (Å²) in [6.07, 6.45) is 5.28. The third kappa shape index (κ3) is 2.44. The number of hydrogen-bond acceptors (Lipinski definition) is 2. The van der Waals surface area contributed by atoms with Crippen LogP contribution in [0.5, 0.6) is 0 Å². The fourth-order valence-electron chi connectivity index (χ4n) is 2.31. The zero-order valence-electron chi connectivity index (χ0n) is 9.29. The first-order chi connectivity index (χ1) is 6.20. The van der Waals surface area contributed by atoms with Gasteiger partial charge in [0.1, 0.15) is 0 Å². The van der Waals surface area contributed by atoms with Crippen LogP contribution in [0, 0.1) is 5.92 Å². The second kappa shape index (κ2) is 4.97. The summed E-state index contributed by atoms with van der Waals surface area (Å²) in [4.78, 5) is 2.53. The number of rotatable bonds is 5. The van der Waals surface area contributed by atoms with Crippen molar-refractivity contribution in [2.45, 2.75) is 51.6 Å². The molecule has 2 heteroatoms. The van der Waals surface area contributed by atoms with Crippen molar-refractivity contribution in [2.24, 2.45) is 11.7 Å². The summed E-state index contributed by atoms with van der Waals surface area (Å²) in [5.74, 6) is 0.768. The summed E-state index contributed by atoms with van der Waals surface area (Å²) in [6.45, 7) is 5.45. The molecule has 3 atom stereocenters. The Kier molecular flexibility index (Phi) is 4.20. The molecule has 0 aromatic heterocycles. The van der Waals surface area contributed by atoms with Crippen molar-refractivity contribution >= 4 is 0 Å². The van der Waals surface area contributed by atoms with Crippen LogP contribution in [0.2, 0.25) is 0 Å². The number of nitrogens with zero attached hydrogens (tertiary/aromatic N) is 1. The van der Waals surface area contributed by atoms with E-state index in [2.05, 4.69) is 25.8 Å². The van der Waals surface area contributed by atoms with E-state index in [1.807, 2.05) is 0 Å². The van der Waals surface area contributed by atoms with Crippen LogP contribution < -0.4 is 5.73 Å². The van der Waals surface area contributed by atoms with Crippen LogP contribution in [0.4, 0.5) is 0 Å². The molecule has 13 heavy (non-hydrogen) atoms. The van der Waals surface area contributed by atoms with Crippen molar-refractivity contribution in [2.75, 3.05) is 13.6 Å². The Balaban J connectivity index is 2.33. The fraction of sp³-hybridized carbons (Fsp3) is 1.00. The highest BCUT2D eigenvalue weighted by Gasteiger charge is 2.34. The van der Waals surface area contributed by atoms with E-state index in [0.29, 0.717) is 0 Å². The average Bonchev–Trinajstić information content (AvgIpc) is 2.03. The van der Waals surface area contributed by atoms with Gasteiger partial charge in [0.2, 0.25) is 0 Å². The molecule has 78 valence electrons. The van der Waals surface area contributed by atoms with Gasteiger partial charge in [-0.25, -0.2) is 0 Å². The van der Waals surface area contributed by atoms with Gasteiger partial charge in [0, 0.05) is 12.1 Å². The minimum Gasteiger partial charge on any atom is -0.330 e. The first-order valence-electron chi connectivity index (χ1n) is 5.62. The highest BCUT2D eigenvalue weighted by molar-refractivity contribution is 4.89. The summed E-state index contributed by atoms with van der Waals surface area (Å²) in [7, 11) is 2.26. The van der Waals surface area contributed by atoms with Gasteiger partial charge in [-0.15, -0.1) is 0 Å². The van der Waals surface area contributed by atoms with E-state index in [1.165, 1.54) is 25.7 Å². The molecule has 0 aromatic carbocycles. The summed E-state index contributed by atoms with van der Waals surface area (Å²) in [6, 6.07) is 1.50. The maximum Gasteiger partial charge on any atom is 0.0135 e. The van der Waals surface area contributed by atoms with E-state index < -0.39 is 0 Å². The molecular formula is C11H24N2. The van der Waals surface area contributed by atoms with Crippen molar-refractivity contribution in [1.29, 1.82) is 0 Å². The topological polar surface area (TPSA) is 29.3 Å². The van der Waals surface area contributed by atoms with Gasteiger partial charge in [0.05, 0.1) is 0 Å². The van der Waals surface area contributed by atoms with Crippen molar-refractivity contribution in [3.8, 4) is 0 Å². The van der Waals surface area contributed by atoms with Crippen molar-refractivity contribution in [1.82, 2.24) is 4.90 Å². The van der Waals surface area contributed by atoms with Gasteiger partial charge in [0.15, 0.2) is 0 Å². The molecular weight excluding hydrogens is 160 g/mol. The van der Waals surface area contributed by atoms with Crippen LogP contribution in [-0.2, 0) is 0 Å². The SMILES string of the molecule is CCCC(C)N(C)C1CCC1CN. The van der Waals surface area contributed by atoms with Crippen LogP contribution in [0.15, 0.2) is 0 Å². The van der Waals surface area contributed by atoms with Crippen LogP contribution in [0.3, 0.4) is 0 Å². The third-order valence-electron chi connectivity index (χ3n) is 3.60. The molecule has 1 aliphatic rings. The summed E-state index contributed by atoms with van der Waals surface area (Å²) < 4.78 is 0. The molecule has 1 aliphatic carbocycles. The van der Waals surface area contributed by atoms with Gasteiger partial charge in [-0.05, 0) is 45.7 Å². The van der Waals surface area contributed by atoms with Crippen LogP contribution >= 0.6 is 0 Å². The van der Waals surface area contributed by atoms with E-state index in [0.717, 1.165) is 24.5 Å². The Morgan fingerprint density at radius 3 is 2.54 bits per heavy atom. The van der Waals surface area contributed by atoms with E-state index in [4.69, 9.17) is 5.73 Å². The molecule has 0 bridgehead atoms. The lowest BCUT2D eigenvalue weighted by molar-refractivity contribution is 0.0568. The molecule has 1 rings (SSSR count). The van der Waals surface area contributed by atoms with Crippen LogP contribution in [0.1, 0.15) is 39.5 Å². The number of hydrogen-bond donors (Lipinski definition) is 1. The molecule has 3 unspecified atom stereocenters. The monoisotopic (exact) mass is 184 g/mol. The van der Waals surface area contributed by atoms with Gasteiger partial charge in [0.25, 0.3) is 0 Å². The molecule has 0 amide bonds. The maximum atomic E-state index is 5.71. The van der Waals surface area contributed by atoms with E-state index in [-0.39, 0.29) is 0 Å². The summed E-state index contributed by atoms with van der Waals surface area (Å²) in [5, 5.41) is 0. The molecule has 0 saturated heterocycles. The minimum atomic E-state index is 0.726. The Hall–Kier alpha value is -0.0800. The van der Waals surface area contributed by atoms with Crippen molar-refractivity contribution in [3.63, 3.8) is 0 Å². The molecule has 2 nitrogen and oxygen atoms in total. The maximum absolute atomic E-state index is 5.71. The predicted molar refractivity (Wildman–Crippen MR) is 57.7 cm³/mol. The quantitative estimate of drug-likeness (QED) is 0.706. The highest BCUT2D eigenvalue weighted by atomic mass is 15.2. The van der Waals surface area contributed by atoms with Gasteiger partial charge < -0.3 is 10.6 Å². The Morgan fingerprint density at radius 2 is 2.15 bits per heavy atom. The Labute approximate surface area is 82.5 Å². The average molecular weight is 184 g/mol. The standard InChI is InChI=1S/C11H24N2/c1-4-5-9(2)13(3)11-7-6-10(11)8-12/h9-11H,4-8,12H2,1-3H3. The third-order valence-corrected chi connectivity index (χ3v) is 3.60. The lowest BCUT2D eigenvalue weighted by Crippen LogP contribution is -2.51. The first kappa shape index (κ1) is 11.0. The van der Waals surface area contributed by atoms with Gasteiger partial charge in [-0.1, -0.05) is 13.3 Å². The molecule has 2 N–H and O–H groups in total. The molecule has 0 spiro atoms. The second-order valence-corrected chi connectivity index (χ2v) is 4.44. The molecule has 0 aliphatic heterocycles. The van der Waals surface area contributed by atoms with E-state index >= 15 is 0 Å². The molecule has 0 radical (unpaired) electrons. The van der Waals surface area contributed by atoms with Crippen molar-refractivity contribution in [3.05, 3.63) is 0 Å². The lowest BCUT2D eigenvalue weighted by Gasteiger charge is -2.45. The summed E-state index contributed by atoms with van der Waals surface area (Å²) in [5.41, 5.74) is 5.71. The van der Waals surface area contributed by atoms with Gasteiger partial charge in [-0.2, -0.15) is 0 Å². The molecule has 0 aromatic rings. The molecule has 0 heterocycles. The largest absolute Gasteiger partial charge is 0.330 e. The lowest BCUT2D eigenvalue weighted by atomic mass is 9.78. The van der Waals surface area contributed by atoms with E-state index in [1.54, 1.807) is 0 Å². The highest BCUT2D eigenvalue weighted by Crippen LogP contribution is 2.32. The van der Waals surface area contributed by atoms with E-state index in [9.17, 15) is 0 Å². The number of nitrogens with two attached hydrogens (primary N) is 1. The second-order valence-electron chi connectivity index (χ2n) is 4.44. The fourth-order valence-corrected chi connectivity index (χ4v) is 2.31. The predicted octanol–water partition coefficient (Wildman–Crippen LogP) is 1.84. The minimum absolute atomic E-state index is 0.726. The zero-order chi connectivity index (χ0) is 9.84. The smallest absolute Gasteiger partial charge is 0.0135 e. The Bertz CT molecular complexity index is 145. The normalized spacial score (nSPS) is 30.2. The van der Waals surface area contributed by atoms with Crippen LogP contribution in [0.25, 0.3) is 0 Å².